The summed E-state index contributed by atoms with van der Waals surface area (Å²) in [6.07, 6.45) is 0.957. The molecule has 19 heavy (non-hydrogen) atoms. The summed E-state index contributed by atoms with van der Waals surface area (Å²) in [5, 5.41) is 0.274. The number of pyridine rings is 1. The number of amides is 1. The molecule has 0 aliphatic rings. The monoisotopic (exact) mass is 306 g/mol. The molecule has 1 amide bonds. The van der Waals surface area contributed by atoms with Gasteiger partial charge in [-0.1, -0.05) is 24.6 Å². The fourth-order valence-corrected chi connectivity index (χ4v) is 2.66. The molecule has 0 bridgehead atoms. The van der Waals surface area contributed by atoms with Gasteiger partial charge in [-0.2, -0.15) is 0 Å². The lowest BCUT2D eigenvalue weighted by atomic mass is 10.3. The van der Waals surface area contributed by atoms with E-state index in [4.69, 9.17) is 16.3 Å². The van der Waals surface area contributed by atoms with Gasteiger partial charge in [0.25, 0.3) is 5.91 Å². The van der Waals surface area contributed by atoms with Crippen LogP contribution < -0.4 is 4.72 Å². The van der Waals surface area contributed by atoms with Crippen molar-refractivity contribution in [1.82, 2.24) is 9.71 Å². The van der Waals surface area contributed by atoms with Gasteiger partial charge in [0.05, 0.1) is 5.75 Å². The Kier molecular flexibility index (Phi) is 5.71. The summed E-state index contributed by atoms with van der Waals surface area (Å²) < 4.78 is 30.4. The lowest BCUT2D eigenvalue weighted by Gasteiger charge is -2.13. The van der Waals surface area contributed by atoms with Gasteiger partial charge in [-0.25, -0.2) is 13.4 Å². The Hall–Kier alpha value is -1.18. The summed E-state index contributed by atoms with van der Waals surface area (Å²) >= 11 is 5.60. The molecule has 0 aromatic carbocycles. The smallest absolute Gasteiger partial charge is 0.262 e. The van der Waals surface area contributed by atoms with E-state index < -0.39 is 22.0 Å². The van der Waals surface area contributed by atoms with Crippen LogP contribution in [0, 0.1) is 0 Å². The summed E-state index contributed by atoms with van der Waals surface area (Å²) in [6.45, 7) is 1.73. The number of aromatic nitrogens is 1. The molecule has 1 rings (SSSR count). The third-order valence-corrected chi connectivity index (χ3v) is 3.80. The predicted octanol–water partition coefficient (Wildman–Crippen LogP) is 1.11. The number of methoxy groups -OCH3 is 1. The summed E-state index contributed by atoms with van der Waals surface area (Å²) in [5.41, 5.74) is 0.440. The summed E-state index contributed by atoms with van der Waals surface area (Å²) in [7, 11) is -2.42. The molecule has 1 N–H and O–H groups in total. The van der Waals surface area contributed by atoms with Crippen molar-refractivity contribution in [2.75, 3.05) is 7.11 Å². The van der Waals surface area contributed by atoms with Crippen LogP contribution in [0.25, 0.3) is 0 Å². The number of carbonyl (C=O) groups excluding carboxylic acids is 1. The zero-order valence-electron chi connectivity index (χ0n) is 10.6. The van der Waals surface area contributed by atoms with Crippen molar-refractivity contribution >= 4 is 27.5 Å². The molecule has 0 unspecified atom stereocenters. The Balaban J connectivity index is 2.71. The SMILES string of the molecule is CC[C@H](OC)C(=O)NS(=O)(=O)Cc1ccc(Cl)nc1. The van der Waals surface area contributed by atoms with Crippen molar-refractivity contribution < 1.29 is 17.9 Å². The lowest BCUT2D eigenvalue weighted by Crippen LogP contribution is -2.39. The average molecular weight is 307 g/mol. The van der Waals surface area contributed by atoms with Gasteiger partial charge in [0.1, 0.15) is 11.3 Å². The van der Waals surface area contributed by atoms with Crippen molar-refractivity contribution in [2.45, 2.75) is 25.2 Å². The van der Waals surface area contributed by atoms with Gasteiger partial charge in [-0.15, -0.1) is 0 Å². The highest BCUT2D eigenvalue weighted by Crippen LogP contribution is 2.08. The number of rotatable bonds is 6. The standard InChI is InChI=1S/C11H15ClN2O4S/c1-3-9(18-2)11(15)14-19(16,17)7-8-4-5-10(12)13-6-8/h4-6,9H,3,7H2,1-2H3,(H,14,15)/t9-/m0/s1. The first-order chi connectivity index (χ1) is 8.88. The van der Waals surface area contributed by atoms with Crippen molar-refractivity contribution in [1.29, 1.82) is 0 Å². The molecule has 0 saturated heterocycles. The second kappa shape index (κ2) is 6.83. The zero-order valence-corrected chi connectivity index (χ0v) is 12.2. The van der Waals surface area contributed by atoms with Gasteiger partial charge in [0.2, 0.25) is 10.0 Å². The van der Waals surface area contributed by atoms with Gasteiger partial charge in [-0.3, -0.25) is 9.52 Å². The van der Waals surface area contributed by atoms with Crippen molar-refractivity contribution in [3.8, 4) is 0 Å². The molecule has 1 aromatic rings. The molecule has 1 aromatic heterocycles. The topological polar surface area (TPSA) is 85.4 Å². The Labute approximate surface area is 117 Å². The molecule has 0 radical (unpaired) electrons. The molecule has 0 fully saturated rings. The van der Waals surface area contributed by atoms with Crippen molar-refractivity contribution in [2.24, 2.45) is 0 Å². The van der Waals surface area contributed by atoms with E-state index in [-0.39, 0.29) is 10.9 Å². The molecule has 0 spiro atoms. The van der Waals surface area contributed by atoms with Gasteiger partial charge in [0.15, 0.2) is 0 Å². The number of hydrogen-bond donors (Lipinski definition) is 1. The highest BCUT2D eigenvalue weighted by molar-refractivity contribution is 7.89. The number of hydrogen-bond acceptors (Lipinski definition) is 5. The van der Waals surface area contributed by atoms with Gasteiger partial charge >= 0.3 is 0 Å². The van der Waals surface area contributed by atoms with Crippen molar-refractivity contribution in [3.05, 3.63) is 29.0 Å². The van der Waals surface area contributed by atoms with Crippen LogP contribution in [0.1, 0.15) is 18.9 Å². The molecule has 0 aliphatic carbocycles. The number of carbonyl (C=O) groups is 1. The van der Waals surface area contributed by atoms with Gasteiger partial charge in [0, 0.05) is 13.3 Å². The average Bonchev–Trinajstić information content (AvgIpc) is 2.32. The second-order valence-electron chi connectivity index (χ2n) is 3.85. The molecule has 1 atom stereocenters. The highest BCUT2D eigenvalue weighted by Gasteiger charge is 2.22. The van der Waals surface area contributed by atoms with Crippen molar-refractivity contribution in [3.63, 3.8) is 0 Å². The van der Waals surface area contributed by atoms with Crippen LogP contribution in [0.2, 0.25) is 5.15 Å². The van der Waals surface area contributed by atoms with Gasteiger partial charge in [-0.05, 0) is 18.1 Å². The largest absolute Gasteiger partial charge is 0.372 e. The first kappa shape index (κ1) is 15.9. The molecule has 1 heterocycles. The molecule has 8 heteroatoms. The first-order valence-electron chi connectivity index (χ1n) is 5.55. The third kappa shape index (κ3) is 5.14. The summed E-state index contributed by atoms with van der Waals surface area (Å²) in [5.74, 6) is -1.02. The molecule has 6 nitrogen and oxygen atoms in total. The molecule has 0 aliphatic heterocycles. The number of nitrogens with zero attached hydrogens (tertiary/aromatic N) is 1. The van der Waals surface area contributed by atoms with E-state index in [1.165, 1.54) is 25.4 Å². The van der Waals surface area contributed by atoms with Crippen LogP contribution in [0.15, 0.2) is 18.3 Å². The quantitative estimate of drug-likeness (QED) is 0.796. The number of halogens is 1. The molecular weight excluding hydrogens is 292 g/mol. The zero-order chi connectivity index (χ0) is 14.5. The Morgan fingerprint density at radius 3 is 2.68 bits per heavy atom. The van der Waals surface area contributed by atoms with E-state index in [0.717, 1.165) is 0 Å². The highest BCUT2D eigenvalue weighted by atomic mass is 35.5. The maximum Gasteiger partial charge on any atom is 0.262 e. The Bertz CT molecular complexity index is 526. The minimum atomic E-state index is -3.77. The van der Waals surface area contributed by atoms with E-state index in [9.17, 15) is 13.2 Å². The van der Waals surface area contributed by atoms with E-state index in [1.807, 2.05) is 4.72 Å². The van der Waals surface area contributed by atoms with Crippen LogP contribution in [0.4, 0.5) is 0 Å². The fourth-order valence-electron chi connectivity index (χ4n) is 1.43. The van der Waals surface area contributed by atoms with E-state index in [2.05, 4.69) is 4.98 Å². The number of ether oxygens (including phenoxy) is 1. The summed E-state index contributed by atoms with van der Waals surface area (Å²) in [4.78, 5) is 15.4. The Morgan fingerprint density at radius 2 is 2.21 bits per heavy atom. The normalized spacial score (nSPS) is 13.0. The third-order valence-electron chi connectivity index (χ3n) is 2.35. The Morgan fingerprint density at radius 1 is 1.53 bits per heavy atom. The fraction of sp³-hybridized carbons (Fsp3) is 0.455. The second-order valence-corrected chi connectivity index (χ2v) is 5.96. The first-order valence-corrected chi connectivity index (χ1v) is 7.58. The van der Waals surface area contributed by atoms with E-state index in [1.54, 1.807) is 6.92 Å². The maximum absolute atomic E-state index is 11.8. The minimum absolute atomic E-state index is 0.274. The molecular formula is C11H15ClN2O4S. The predicted molar refractivity (Wildman–Crippen MR) is 71.1 cm³/mol. The van der Waals surface area contributed by atoms with Crippen LogP contribution in [-0.2, 0) is 25.3 Å². The lowest BCUT2D eigenvalue weighted by molar-refractivity contribution is -0.129. The van der Waals surface area contributed by atoms with Crippen LogP contribution in [0.3, 0.4) is 0 Å². The van der Waals surface area contributed by atoms with Crippen LogP contribution in [-0.4, -0.2) is 32.5 Å². The number of sulfonamides is 1. The van der Waals surface area contributed by atoms with Crippen LogP contribution >= 0.6 is 11.6 Å². The summed E-state index contributed by atoms with van der Waals surface area (Å²) in [6, 6.07) is 3.02. The minimum Gasteiger partial charge on any atom is -0.372 e. The van der Waals surface area contributed by atoms with Crippen LogP contribution in [0.5, 0.6) is 0 Å². The van der Waals surface area contributed by atoms with Gasteiger partial charge < -0.3 is 4.74 Å². The van der Waals surface area contributed by atoms with E-state index >= 15 is 0 Å². The maximum atomic E-state index is 11.8. The molecule has 0 saturated carbocycles. The molecule has 106 valence electrons. The van der Waals surface area contributed by atoms with E-state index in [0.29, 0.717) is 12.0 Å². The number of nitrogens with one attached hydrogen (secondary N) is 1.